The van der Waals surface area contributed by atoms with Crippen LogP contribution in [0.25, 0.3) is 0 Å². The summed E-state index contributed by atoms with van der Waals surface area (Å²) in [6.45, 7) is 0.666. The van der Waals surface area contributed by atoms with Gasteiger partial charge in [0.2, 0.25) is 0 Å². The molecule has 0 atom stereocenters. The fourth-order valence-electron chi connectivity index (χ4n) is 1.62. The quantitative estimate of drug-likeness (QED) is 0.451. The molecule has 0 aliphatic rings. The number of benzene rings is 1. The molecule has 7 nitrogen and oxygen atoms in total. The third-order valence-corrected chi connectivity index (χ3v) is 2.62. The van der Waals surface area contributed by atoms with E-state index in [2.05, 4.69) is 4.98 Å². The first kappa shape index (κ1) is 13.8. The fraction of sp³-hybridized carbons (Fsp3) is 0.154. The summed E-state index contributed by atoms with van der Waals surface area (Å²) in [4.78, 5) is 26.7. The zero-order valence-corrected chi connectivity index (χ0v) is 10.7. The molecule has 2 aromatic rings. The lowest BCUT2D eigenvalue weighted by Crippen LogP contribution is -2.29. The van der Waals surface area contributed by atoms with Crippen LogP contribution < -0.4 is 21.6 Å². The van der Waals surface area contributed by atoms with Crippen LogP contribution in [0.15, 0.2) is 47.7 Å². The third kappa shape index (κ3) is 3.42. The SMILES string of the molecule is NNC(=O)c1cccc(OCCn2cnccc2=O)c1. The van der Waals surface area contributed by atoms with E-state index in [0.717, 1.165) is 0 Å². The van der Waals surface area contributed by atoms with Gasteiger partial charge < -0.3 is 4.74 Å². The predicted molar refractivity (Wildman–Crippen MR) is 72.1 cm³/mol. The molecule has 104 valence electrons. The zero-order valence-electron chi connectivity index (χ0n) is 10.7. The minimum atomic E-state index is -0.390. The summed E-state index contributed by atoms with van der Waals surface area (Å²) >= 11 is 0. The number of hydrogen-bond donors (Lipinski definition) is 2. The van der Waals surface area contributed by atoms with Crippen molar-refractivity contribution in [3.05, 3.63) is 58.8 Å². The minimum Gasteiger partial charge on any atom is -0.492 e. The van der Waals surface area contributed by atoms with Crippen LogP contribution in [0.2, 0.25) is 0 Å². The van der Waals surface area contributed by atoms with Gasteiger partial charge in [0, 0.05) is 17.8 Å². The van der Waals surface area contributed by atoms with E-state index in [9.17, 15) is 9.59 Å². The Kier molecular flexibility index (Phi) is 4.46. The number of carbonyl (C=O) groups is 1. The van der Waals surface area contributed by atoms with Crippen LogP contribution in [0.3, 0.4) is 0 Å². The molecular weight excluding hydrogens is 260 g/mol. The Morgan fingerprint density at radius 3 is 3.00 bits per heavy atom. The van der Waals surface area contributed by atoms with Crippen molar-refractivity contribution in [3.63, 3.8) is 0 Å². The average molecular weight is 274 g/mol. The van der Waals surface area contributed by atoms with Crippen molar-refractivity contribution in [1.29, 1.82) is 0 Å². The van der Waals surface area contributed by atoms with E-state index in [-0.39, 0.29) is 11.5 Å². The minimum absolute atomic E-state index is 0.139. The lowest BCUT2D eigenvalue weighted by Gasteiger charge is -2.08. The van der Waals surface area contributed by atoms with Crippen molar-refractivity contribution in [2.45, 2.75) is 6.54 Å². The molecule has 20 heavy (non-hydrogen) atoms. The van der Waals surface area contributed by atoms with Crippen LogP contribution in [0.4, 0.5) is 0 Å². The summed E-state index contributed by atoms with van der Waals surface area (Å²) < 4.78 is 6.93. The highest BCUT2D eigenvalue weighted by molar-refractivity contribution is 5.94. The highest BCUT2D eigenvalue weighted by atomic mass is 16.5. The Morgan fingerprint density at radius 1 is 1.40 bits per heavy atom. The van der Waals surface area contributed by atoms with Crippen LogP contribution in [-0.4, -0.2) is 22.1 Å². The number of hydrogen-bond acceptors (Lipinski definition) is 5. The third-order valence-electron chi connectivity index (χ3n) is 2.62. The first-order valence-corrected chi connectivity index (χ1v) is 5.95. The van der Waals surface area contributed by atoms with Crippen LogP contribution in [0.5, 0.6) is 5.75 Å². The van der Waals surface area contributed by atoms with Gasteiger partial charge in [-0.05, 0) is 18.2 Å². The van der Waals surface area contributed by atoms with E-state index in [1.165, 1.54) is 23.2 Å². The number of nitrogens with one attached hydrogen (secondary N) is 1. The number of nitrogens with two attached hydrogens (primary N) is 1. The van der Waals surface area contributed by atoms with E-state index >= 15 is 0 Å². The van der Waals surface area contributed by atoms with Gasteiger partial charge in [0.1, 0.15) is 12.4 Å². The highest BCUT2D eigenvalue weighted by Crippen LogP contribution is 2.13. The average Bonchev–Trinajstić information content (AvgIpc) is 2.49. The number of hydrazine groups is 1. The van der Waals surface area contributed by atoms with Gasteiger partial charge in [0.25, 0.3) is 11.5 Å². The van der Waals surface area contributed by atoms with Gasteiger partial charge in [-0.2, -0.15) is 0 Å². The molecule has 7 heteroatoms. The van der Waals surface area contributed by atoms with E-state index < -0.39 is 0 Å². The number of nitrogens with zero attached hydrogens (tertiary/aromatic N) is 2. The molecule has 2 rings (SSSR count). The van der Waals surface area contributed by atoms with Gasteiger partial charge in [-0.3, -0.25) is 19.6 Å². The monoisotopic (exact) mass is 274 g/mol. The molecule has 0 aliphatic carbocycles. The first-order chi connectivity index (χ1) is 9.70. The van der Waals surface area contributed by atoms with Gasteiger partial charge in [-0.25, -0.2) is 10.8 Å². The molecular formula is C13H14N4O3. The lowest BCUT2D eigenvalue weighted by atomic mass is 10.2. The molecule has 0 saturated carbocycles. The van der Waals surface area contributed by atoms with Gasteiger partial charge in [0.15, 0.2) is 0 Å². The van der Waals surface area contributed by atoms with E-state index in [1.807, 2.05) is 5.43 Å². The van der Waals surface area contributed by atoms with Crippen molar-refractivity contribution < 1.29 is 9.53 Å². The second-order valence-electron chi connectivity index (χ2n) is 3.96. The maximum atomic E-state index is 11.4. The Labute approximate surface area is 115 Å². The normalized spacial score (nSPS) is 10.1. The summed E-state index contributed by atoms with van der Waals surface area (Å²) in [5.41, 5.74) is 2.32. The van der Waals surface area contributed by atoms with Crippen molar-refractivity contribution in [3.8, 4) is 5.75 Å². The van der Waals surface area contributed by atoms with Crippen molar-refractivity contribution in [1.82, 2.24) is 15.0 Å². The van der Waals surface area contributed by atoms with Gasteiger partial charge >= 0.3 is 0 Å². The van der Waals surface area contributed by atoms with E-state index in [0.29, 0.717) is 24.5 Å². The van der Waals surface area contributed by atoms with E-state index in [4.69, 9.17) is 10.6 Å². The Bertz CT molecular complexity index is 654. The van der Waals surface area contributed by atoms with Crippen LogP contribution in [0, 0.1) is 0 Å². The predicted octanol–water partition coefficient (Wildman–Crippen LogP) is -0.0742. The largest absolute Gasteiger partial charge is 0.492 e. The Hall–Kier alpha value is -2.67. The number of amides is 1. The summed E-state index contributed by atoms with van der Waals surface area (Å²) in [5, 5.41) is 0. The lowest BCUT2D eigenvalue weighted by molar-refractivity contribution is 0.0953. The Balaban J connectivity index is 1.96. The van der Waals surface area contributed by atoms with E-state index in [1.54, 1.807) is 24.3 Å². The van der Waals surface area contributed by atoms with Gasteiger partial charge in [0.05, 0.1) is 12.9 Å². The van der Waals surface area contributed by atoms with Crippen molar-refractivity contribution in [2.75, 3.05) is 6.61 Å². The Morgan fingerprint density at radius 2 is 2.25 bits per heavy atom. The number of ether oxygens (including phenoxy) is 1. The second-order valence-corrected chi connectivity index (χ2v) is 3.96. The second kappa shape index (κ2) is 6.48. The molecule has 3 N–H and O–H groups in total. The molecule has 0 fully saturated rings. The molecule has 1 aromatic heterocycles. The van der Waals surface area contributed by atoms with Gasteiger partial charge in [-0.1, -0.05) is 6.07 Å². The van der Waals surface area contributed by atoms with Crippen LogP contribution >= 0.6 is 0 Å². The maximum absolute atomic E-state index is 11.4. The number of nitrogen functional groups attached to an aromatic ring is 1. The van der Waals surface area contributed by atoms with Crippen molar-refractivity contribution in [2.24, 2.45) is 5.84 Å². The van der Waals surface area contributed by atoms with Gasteiger partial charge in [-0.15, -0.1) is 0 Å². The number of carbonyl (C=O) groups excluding carboxylic acids is 1. The zero-order chi connectivity index (χ0) is 14.4. The molecule has 0 radical (unpaired) electrons. The highest BCUT2D eigenvalue weighted by Gasteiger charge is 2.04. The molecule has 0 spiro atoms. The van der Waals surface area contributed by atoms with Crippen molar-refractivity contribution >= 4 is 5.91 Å². The van der Waals surface area contributed by atoms with Crippen LogP contribution in [0.1, 0.15) is 10.4 Å². The topological polar surface area (TPSA) is 99.2 Å². The molecule has 1 amide bonds. The number of aromatic nitrogens is 2. The molecule has 0 bridgehead atoms. The summed E-state index contributed by atoms with van der Waals surface area (Å²) in [7, 11) is 0. The first-order valence-electron chi connectivity index (χ1n) is 5.95. The standard InChI is InChI=1S/C13H14N4O3/c14-16-13(19)10-2-1-3-11(8-10)20-7-6-17-9-15-5-4-12(17)18/h1-5,8-9H,6-7,14H2,(H,16,19). The smallest absolute Gasteiger partial charge is 0.265 e. The van der Waals surface area contributed by atoms with Crippen LogP contribution in [-0.2, 0) is 6.54 Å². The maximum Gasteiger partial charge on any atom is 0.265 e. The number of rotatable bonds is 5. The molecule has 1 aromatic carbocycles. The summed E-state index contributed by atoms with van der Waals surface area (Å²) in [5.74, 6) is 5.20. The molecule has 0 aliphatic heterocycles. The summed E-state index contributed by atoms with van der Waals surface area (Å²) in [6.07, 6.45) is 2.89. The molecule has 0 unspecified atom stereocenters. The molecule has 1 heterocycles. The summed E-state index contributed by atoms with van der Waals surface area (Å²) in [6, 6.07) is 8.00. The molecule has 0 saturated heterocycles. The fourth-order valence-corrected chi connectivity index (χ4v) is 1.62.